The second kappa shape index (κ2) is 5.68. The predicted molar refractivity (Wildman–Crippen MR) is 85.1 cm³/mol. The van der Waals surface area contributed by atoms with Gasteiger partial charge in [0.05, 0.1) is 0 Å². The van der Waals surface area contributed by atoms with Crippen molar-refractivity contribution in [2.45, 2.75) is 27.7 Å². The molecule has 0 nitrogen and oxygen atoms in total. The fourth-order valence-electron chi connectivity index (χ4n) is 1.71. The monoisotopic (exact) mass is 274 g/mol. The predicted octanol–water partition coefficient (Wildman–Crippen LogP) is 5.88. The van der Waals surface area contributed by atoms with E-state index >= 15 is 0 Å². The lowest BCUT2D eigenvalue weighted by atomic mass is 10.2. The number of thiophene rings is 2. The minimum absolute atomic E-state index is 1.33. The molecule has 0 aliphatic rings. The smallest absolute Gasteiger partial charge is 0.0456 e. The molecule has 2 heteroatoms. The van der Waals surface area contributed by atoms with Crippen molar-refractivity contribution in [2.75, 3.05) is 0 Å². The first-order chi connectivity index (χ1) is 8.54. The van der Waals surface area contributed by atoms with Gasteiger partial charge in [0.2, 0.25) is 0 Å². The lowest BCUT2D eigenvalue weighted by Gasteiger charge is -1.90. The molecule has 0 saturated heterocycles. The summed E-state index contributed by atoms with van der Waals surface area (Å²) in [5.74, 6) is 0. The number of hydrogen-bond donors (Lipinski definition) is 0. The van der Waals surface area contributed by atoms with E-state index in [1.165, 1.54) is 30.3 Å². The topological polar surface area (TPSA) is 0 Å². The van der Waals surface area contributed by atoms with Crippen molar-refractivity contribution in [2.24, 2.45) is 0 Å². The van der Waals surface area contributed by atoms with Gasteiger partial charge in [-0.05, 0) is 39.8 Å². The second-order valence-corrected chi connectivity index (χ2v) is 7.17. The van der Waals surface area contributed by atoms with Crippen molar-refractivity contribution in [1.29, 1.82) is 0 Å². The average Bonchev–Trinajstić information content (AvgIpc) is 2.79. The first kappa shape index (κ1) is 13.3. The molecule has 0 fully saturated rings. The summed E-state index contributed by atoms with van der Waals surface area (Å²) in [7, 11) is 0. The van der Waals surface area contributed by atoms with Gasteiger partial charge in [0.25, 0.3) is 0 Å². The van der Waals surface area contributed by atoms with Gasteiger partial charge < -0.3 is 0 Å². The van der Waals surface area contributed by atoms with Crippen molar-refractivity contribution in [3.63, 3.8) is 0 Å². The third-order valence-corrected chi connectivity index (χ3v) is 4.80. The standard InChI is InChI=1S/C8H8S2.C8H10/c1-5-3-7-8(9-5)4-6(2)10-7;1-7-3-5-8(2)6-4-7/h3-4H,1-2H3;3-6H,1-2H3. The summed E-state index contributed by atoms with van der Waals surface area (Å²) in [6, 6.07) is 13.0. The quantitative estimate of drug-likeness (QED) is 0.480. The molecule has 3 aromatic rings. The van der Waals surface area contributed by atoms with E-state index in [1.54, 1.807) is 0 Å². The fourth-order valence-corrected chi connectivity index (χ4v) is 3.95. The zero-order valence-electron chi connectivity index (χ0n) is 11.3. The molecule has 0 aliphatic carbocycles. The average molecular weight is 274 g/mol. The minimum atomic E-state index is 1.33. The minimum Gasteiger partial charge on any atom is -0.140 e. The molecule has 0 atom stereocenters. The number of fused-ring (bicyclic) bond motifs is 1. The van der Waals surface area contributed by atoms with E-state index in [2.05, 4.69) is 64.1 Å². The summed E-state index contributed by atoms with van der Waals surface area (Å²) in [5, 5.41) is 0. The summed E-state index contributed by atoms with van der Waals surface area (Å²) in [6.45, 7) is 8.51. The molecule has 2 heterocycles. The van der Waals surface area contributed by atoms with Crippen LogP contribution in [0.2, 0.25) is 0 Å². The Bertz CT molecular complexity index is 543. The van der Waals surface area contributed by atoms with Gasteiger partial charge in [0.15, 0.2) is 0 Å². The maximum Gasteiger partial charge on any atom is 0.0456 e. The van der Waals surface area contributed by atoms with E-state index in [4.69, 9.17) is 0 Å². The first-order valence-corrected chi connectivity index (χ1v) is 7.68. The van der Waals surface area contributed by atoms with Crippen LogP contribution in [0, 0.1) is 27.7 Å². The summed E-state index contributed by atoms with van der Waals surface area (Å²) in [4.78, 5) is 2.84. The van der Waals surface area contributed by atoms with Gasteiger partial charge in [0.1, 0.15) is 0 Å². The number of hydrogen-bond acceptors (Lipinski definition) is 2. The zero-order chi connectivity index (χ0) is 13.1. The lowest BCUT2D eigenvalue weighted by Crippen LogP contribution is -1.70. The zero-order valence-corrected chi connectivity index (χ0v) is 12.9. The largest absolute Gasteiger partial charge is 0.140 e. The Balaban J connectivity index is 0.000000138. The number of aryl methyl sites for hydroxylation is 4. The van der Waals surface area contributed by atoms with Crippen molar-refractivity contribution in [1.82, 2.24) is 0 Å². The van der Waals surface area contributed by atoms with Gasteiger partial charge >= 0.3 is 0 Å². The van der Waals surface area contributed by atoms with Gasteiger partial charge in [-0.1, -0.05) is 35.4 Å². The number of rotatable bonds is 0. The van der Waals surface area contributed by atoms with E-state index in [-0.39, 0.29) is 0 Å². The van der Waals surface area contributed by atoms with Crippen LogP contribution < -0.4 is 0 Å². The van der Waals surface area contributed by atoms with Crippen molar-refractivity contribution in [3.8, 4) is 0 Å². The van der Waals surface area contributed by atoms with Crippen LogP contribution in [-0.4, -0.2) is 0 Å². The van der Waals surface area contributed by atoms with E-state index in [9.17, 15) is 0 Å². The normalized spacial score (nSPS) is 10.2. The van der Waals surface area contributed by atoms with Crippen LogP contribution in [0.25, 0.3) is 9.40 Å². The van der Waals surface area contributed by atoms with Crippen LogP contribution in [0.3, 0.4) is 0 Å². The van der Waals surface area contributed by atoms with Crippen LogP contribution in [0.1, 0.15) is 20.9 Å². The molecule has 0 radical (unpaired) electrons. The summed E-state index contributed by atoms with van der Waals surface area (Å²) in [6.07, 6.45) is 0. The molecule has 0 saturated carbocycles. The maximum absolute atomic E-state index is 2.26. The van der Waals surface area contributed by atoms with E-state index in [0.29, 0.717) is 0 Å². The van der Waals surface area contributed by atoms with E-state index < -0.39 is 0 Å². The maximum atomic E-state index is 2.26. The summed E-state index contributed by atoms with van der Waals surface area (Å²) in [5.41, 5.74) is 2.66. The molecule has 0 spiro atoms. The third-order valence-electron chi connectivity index (χ3n) is 2.67. The van der Waals surface area contributed by atoms with Crippen molar-refractivity contribution >= 4 is 32.1 Å². The summed E-state index contributed by atoms with van der Waals surface area (Å²) < 4.78 is 2.89. The van der Waals surface area contributed by atoms with Gasteiger partial charge in [-0.3, -0.25) is 0 Å². The highest BCUT2D eigenvalue weighted by atomic mass is 32.1. The molecule has 0 bridgehead atoms. The number of benzene rings is 1. The van der Waals surface area contributed by atoms with Crippen LogP contribution >= 0.6 is 22.7 Å². The molecule has 3 rings (SSSR count). The molecule has 0 amide bonds. The Morgan fingerprint density at radius 2 is 0.944 bits per heavy atom. The molecule has 18 heavy (non-hydrogen) atoms. The van der Waals surface area contributed by atoms with E-state index in [1.807, 2.05) is 22.7 Å². The van der Waals surface area contributed by atoms with Gasteiger partial charge in [-0.25, -0.2) is 0 Å². The lowest BCUT2D eigenvalue weighted by molar-refractivity contribution is 1.40. The first-order valence-electron chi connectivity index (χ1n) is 6.04. The Kier molecular flexibility index (Phi) is 4.20. The summed E-state index contributed by atoms with van der Waals surface area (Å²) >= 11 is 3.77. The van der Waals surface area contributed by atoms with Crippen LogP contribution in [0.4, 0.5) is 0 Å². The Hall–Kier alpha value is -1.12. The van der Waals surface area contributed by atoms with Gasteiger partial charge in [-0.2, -0.15) is 0 Å². The van der Waals surface area contributed by atoms with Gasteiger partial charge in [0, 0.05) is 19.2 Å². The van der Waals surface area contributed by atoms with Crippen molar-refractivity contribution < 1.29 is 0 Å². The highest BCUT2D eigenvalue weighted by Gasteiger charge is 2.00. The molecule has 2 aromatic heterocycles. The van der Waals surface area contributed by atoms with E-state index in [0.717, 1.165) is 0 Å². The fraction of sp³-hybridized carbons (Fsp3) is 0.250. The van der Waals surface area contributed by atoms with Crippen LogP contribution in [0.15, 0.2) is 36.4 Å². The van der Waals surface area contributed by atoms with Crippen LogP contribution in [-0.2, 0) is 0 Å². The third kappa shape index (κ3) is 3.44. The molecule has 94 valence electrons. The Morgan fingerprint density at radius 1 is 0.611 bits per heavy atom. The molecular weight excluding hydrogens is 256 g/mol. The molecule has 0 aliphatic heterocycles. The molecule has 0 unspecified atom stereocenters. The van der Waals surface area contributed by atoms with Gasteiger partial charge in [-0.15, -0.1) is 22.7 Å². The van der Waals surface area contributed by atoms with Crippen molar-refractivity contribution in [3.05, 3.63) is 57.3 Å². The molecule has 0 N–H and O–H groups in total. The Labute approximate surface area is 117 Å². The molecular formula is C16H18S2. The second-order valence-electron chi connectivity index (χ2n) is 4.60. The highest BCUT2D eigenvalue weighted by molar-refractivity contribution is 7.27. The highest BCUT2D eigenvalue weighted by Crippen LogP contribution is 2.31. The molecule has 1 aromatic carbocycles. The van der Waals surface area contributed by atoms with Crippen LogP contribution in [0.5, 0.6) is 0 Å². The SMILES string of the molecule is Cc1cc2sc(C)cc2s1.Cc1ccc(C)cc1. The Morgan fingerprint density at radius 3 is 1.28 bits per heavy atom.